The second-order valence-corrected chi connectivity index (χ2v) is 7.63. The summed E-state index contributed by atoms with van der Waals surface area (Å²) in [5.74, 6) is -4.00. The van der Waals surface area contributed by atoms with Crippen LogP contribution in [0.4, 0.5) is 8.78 Å². The van der Waals surface area contributed by atoms with Crippen LogP contribution in [-0.2, 0) is 21.0 Å². The zero-order valence-corrected chi connectivity index (χ0v) is 16.0. The lowest BCUT2D eigenvalue weighted by atomic mass is 9.84. The van der Waals surface area contributed by atoms with E-state index < -0.39 is 47.2 Å². The van der Waals surface area contributed by atoms with Gasteiger partial charge in [0.1, 0.15) is 11.6 Å². The molecule has 0 fully saturated rings. The first-order valence-electron chi connectivity index (χ1n) is 7.71. The van der Waals surface area contributed by atoms with Gasteiger partial charge in [-0.15, -0.1) is 11.6 Å². The van der Waals surface area contributed by atoms with Crippen LogP contribution in [0.2, 0.25) is 0 Å². The van der Waals surface area contributed by atoms with Gasteiger partial charge in [-0.2, -0.15) is 0 Å². The summed E-state index contributed by atoms with van der Waals surface area (Å²) in [5, 5.41) is 0. The molecule has 27 heavy (non-hydrogen) atoms. The average molecular weight is 458 g/mol. The molecule has 1 unspecified atom stereocenters. The summed E-state index contributed by atoms with van der Waals surface area (Å²) >= 11 is 9.53. The molecule has 1 atom stereocenters. The molecule has 0 aliphatic carbocycles. The normalized spacial score (nSPS) is 19.2. The van der Waals surface area contributed by atoms with Crippen LogP contribution >= 0.6 is 27.5 Å². The van der Waals surface area contributed by atoms with Gasteiger partial charge >= 0.3 is 0 Å². The van der Waals surface area contributed by atoms with Crippen LogP contribution in [0.15, 0.2) is 40.9 Å². The number of alkyl halides is 1. The number of nitrogens with zero attached hydrogens (tertiary/aromatic N) is 1. The van der Waals surface area contributed by atoms with Crippen LogP contribution in [-0.4, -0.2) is 22.6 Å². The van der Waals surface area contributed by atoms with Gasteiger partial charge in [-0.1, -0.05) is 22.0 Å². The van der Waals surface area contributed by atoms with Crippen molar-refractivity contribution in [2.45, 2.75) is 17.8 Å². The number of nitrogens with two attached hydrogens (primary N) is 1. The molecule has 0 bridgehead atoms. The number of carbonyl (C=O) groups is 3. The van der Waals surface area contributed by atoms with Crippen LogP contribution in [0, 0.1) is 11.6 Å². The van der Waals surface area contributed by atoms with Crippen LogP contribution in [0.1, 0.15) is 27.9 Å². The predicted octanol–water partition coefficient (Wildman–Crippen LogP) is 3.22. The van der Waals surface area contributed by atoms with Crippen molar-refractivity contribution < 1.29 is 23.2 Å². The summed E-state index contributed by atoms with van der Waals surface area (Å²) in [6, 6.07) is 7.28. The Labute approximate surface area is 166 Å². The molecule has 1 aliphatic rings. The van der Waals surface area contributed by atoms with Gasteiger partial charge in [-0.05, 0) is 35.9 Å². The molecule has 3 rings (SSSR count). The van der Waals surface area contributed by atoms with E-state index in [2.05, 4.69) is 15.9 Å². The van der Waals surface area contributed by atoms with Crippen molar-refractivity contribution in [1.29, 1.82) is 0 Å². The Morgan fingerprint density at radius 2 is 1.89 bits per heavy atom. The number of carbonyl (C=O) groups excluding carboxylic acids is 3. The number of fused-ring (bicyclic) bond motifs is 1. The molecule has 0 spiro atoms. The van der Waals surface area contributed by atoms with Gasteiger partial charge in [0, 0.05) is 15.6 Å². The fourth-order valence-electron chi connectivity index (χ4n) is 2.97. The number of benzene rings is 2. The SMILES string of the molecule is NC(=O)CC1(Cl)C(=O)N(Cc2ccc(Br)cc2F)C(=O)c2ccc(F)cc21. The lowest BCUT2D eigenvalue weighted by molar-refractivity contribution is -0.135. The fraction of sp³-hybridized carbons (Fsp3) is 0.167. The first-order valence-corrected chi connectivity index (χ1v) is 8.88. The standard InChI is InChI=1S/C18H12BrClF2N2O3/c19-10-2-1-9(14(22)5-10)8-24-16(26)12-4-3-11(21)6-13(12)18(20,17(24)27)7-15(23)25/h1-6H,7-8H2,(H2,23,25). The van der Waals surface area contributed by atoms with Gasteiger partial charge < -0.3 is 5.73 Å². The Kier molecular flexibility index (Phi) is 5.05. The number of halogens is 4. The van der Waals surface area contributed by atoms with Crippen molar-refractivity contribution in [3.63, 3.8) is 0 Å². The summed E-state index contributed by atoms with van der Waals surface area (Å²) in [7, 11) is 0. The topological polar surface area (TPSA) is 80.5 Å². The highest BCUT2D eigenvalue weighted by molar-refractivity contribution is 9.10. The van der Waals surface area contributed by atoms with Crippen molar-refractivity contribution in [2.75, 3.05) is 0 Å². The number of rotatable bonds is 4. The molecule has 0 aromatic heterocycles. The lowest BCUT2D eigenvalue weighted by Gasteiger charge is -2.37. The molecule has 1 aliphatic heterocycles. The quantitative estimate of drug-likeness (QED) is 0.565. The largest absolute Gasteiger partial charge is 0.370 e. The molecule has 140 valence electrons. The fourth-order valence-corrected chi connectivity index (χ4v) is 3.70. The maximum atomic E-state index is 14.2. The molecule has 1 heterocycles. The summed E-state index contributed by atoms with van der Waals surface area (Å²) < 4.78 is 28.4. The highest BCUT2D eigenvalue weighted by Crippen LogP contribution is 2.42. The zero-order chi connectivity index (χ0) is 19.9. The maximum absolute atomic E-state index is 14.2. The molecule has 0 saturated carbocycles. The Bertz CT molecular complexity index is 985. The summed E-state index contributed by atoms with van der Waals surface area (Å²) in [4.78, 5) is 35.9. The van der Waals surface area contributed by atoms with Gasteiger partial charge in [-0.3, -0.25) is 19.3 Å². The third kappa shape index (κ3) is 3.46. The number of amides is 3. The summed E-state index contributed by atoms with van der Waals surface area (Å²) in [6.45, 7) is -0.402. The minimum Gasteiger partial charge on any atom is -0.370 e. The molecule has 0 saturated heterocycles. The molecular weight excluding hydrogens is 446 g/mol. The van der Waals surface area contributed by atoms with Gasteiger partial charge in [0.15, 0.2) is 4.87 Å². The van der Waals surface area contributed by atoms with Crippen LogP contribution < -0.4 is 5.73 Å². The smallest absolute Gasteiger partial charge is 0.261 e. The third-order valence-electron chi connectivity index (χ3n) is 4.23. The Morgan fingerprint density at radius 3 is 2.52 bits per heavy atom. The minimum atomic E-state index is -2.05. The highest BCUT2D eigenvalue weighted by Gasteiger charge is 2.50. The Hall–Kier alpha value is -2.32. The molecule has 2 N–H and O–H groups in total. The molecule has 9 heteroatoms. The minimum absolute atomic E-state index is 0.0511. The first kappa shape index (κ1) is 19.4. The van der Waals surface area contributed by atoms with Crippen molar-refractivity contribution in [2.24, 2.45) is 5.73 Å². The summed E-state index contributed by atoms with van der Waals surface area (Å²) in [6.07, 6.45) is -0.642. The Balaban J connectivity index is 2.11. The van der Waals surface area contributed by atoms with E-state index in [0.29, 0.717) is 4.47 Å². The first-order chi connectivity index (χ1) is 12.6. The molecule has 5 nitrogen and oxygen atoms in total. The van der Waals surface area contributed by atoms with E-state index in [1.54, 1.807) is 6.07 Å². The van der Waals surface area contributed by atoms with E-state index in [-0.39, 0.29) is 16.7 Å². The van der Waals surface area contributed by atoms with Crippen molar-refractivity contribution in [1.82, 2.24) is 4.90 Å². The number of hydrogen-bond acceptors (Lipinski definition) is 3. The summed E-state index contributed by atoms with van der Waals surface area (Å²) in [5.41, 5.74) is 5.09. The Morgan fingerprint density at radius 1 is 1.19 bits per heavy atom. The highest BCUT2D eigenvalue weighted by atomic mass is 79.9. The van der Waals surface area contributed by atoms with E-state index in [4.69, 9.17) is 17.3 Å². The monoisotopic (exact) mass is 456 g/mol. The second kappa shape index (κ2) is 7.01. The second-order valence-electron chi connectivity index (χ2n) is 6.07. The van der Waals surface area contributed by atoms with Gasteiger partial charge in [0.05, 0.1) is 13.0 Å². The van der Waals surface area contributed by atoms with Crippen LogP contribution in [0.5, 0.6) is 0 Å². The predicted molar refractivity (Wildman–Crippen MR) is 96.7 cm³/mol. The molecule has 2 aromatic carbocycles. The van der Waals surface area contributed by atoms with E-state index in [1.165, 1.54) is 18.2 Å². The number of primary amides is 1. The van der Waals surface area contributed by atoms with E-state index >= 15 is 0 Å². The van der Waals surface area contributed by atoms with Gasteiger partial charge in [0.2, 0.25) is 5.91 Å². The van der Waals surface area contributed by atoms with E-state index in [0.717, 1.165) is 17.0 Å². The lowest BCUT2D eigenvalue weighted by Crippen LogP contribution is -2.52. The van der Waals surface area contributed by atoms with E-state index in [1.807, 2.05) is 0 Å². The third-order valence-corrected chi connectivity index (χ3v) is 5.22. The van der Waals surface area contributed by atoms with Crippen molar-refractivity contribution in [3.05, 3.63) is 69.2 Å². The molecule has 2 aromatic rings. The molecular formula is C18H12BrClF2N2O3. The maximum Gasteiger partial charge on any atom is 0.261 e. The number of imide groups is 1. The molecule has 0 radical (unpaired) electrons. The molecule has 3 amide bonds. The van der Waals surface area contributed by atoms with Gasteiger partial charge in [0.25, 0.3) is 11.8 Å². The van der Waals surface area contributed by atoms with Gasteiger partial charge in [-0.25, -0.2) is 8.78 Å². The van der Waals surface area contributed by atoms with Crippen LogP contribution in [0.25, 0.3) is 0 Å². The zero-order valence-electron chi connectivity index (χ0n) is 13.6. The average Bonchev–Trinajstić information content (AvgIpc) is 2.58. The van der Waals surface area contributed by atoms with E-state index in [9.17, 15) is 23.2 Å². The van der Waals surface area contributed by atoms with Crippen molar-refractivity contribution in [3.8, 4) is 0 Å². The van der Waals surface area contributed by atoms with Crippen molar-refractivity contribution >= 4 is 45.3 Å². The number of hydrogen-bond donors (Lipinski definition) is 1. The van der Waals surface area contributed by atoms with Crippen LogP contribution in [0.3, 0.4) is 0 Å².